The largest absolute Gasteiger partial charge is 0.455 e. The second kappa shape index (κ2) is 10.4. The first-order valence-corrected chi connectivity index (χ1v) is 15.9. The van der Waals surface area contributed by atoms with Gasteiger partial charge in [0.05, 0.1) is 0 Å². The predicted octanol–water partition coefficient (Wildman–Crippen LogP) is 12.1. The van der Waals surface area contributed by atoms with Gasteiger partial charge in [-0.2, -0.15) is 0 Å². The maximum atomic E-state index is 6.77. The van der Waals surface area contributed by atoms with Gasteiger partial charge in [0, 0.05) is 38.8 Å². The molecule has 1 heterocycles. The summed E-state index contributed by atoms with van der Waals surface area (Å²) in [6.45, 7) is 2.37. The van der Waals surface area contributed by atoms with Gasteiger partial charge in [-0.15, -0.1) is 0 Å². The molecule has 1 aromatic heterocycles. The summed E-state index contributed by atoms with van der Waals surface area (Å²) in [5.41, 5.74) is 13.7. The molecule has 0 amide bonds. The molecule has 0 bridgehead atoms. The van der Waals surface area contributed by atoms with Crippen molar-refractivity contribution in [1.82, 2.24) is 0 Å². The van der Waals surface area contributed by atoms with Gasteiger partial charge in [-0.05, 0) is 82.8 Å². The summed E-state index contributed by atoms with van der Waals surface area (Å²) >= 11 is 0. The molecule has 2 nitrogen and oxygen atoms in total. The SMILES string of the molecule is CC1(c2cccc3oc4c(-c5ccc(N(c6ccccc6)c6ccccc6)cc5)cccc4c23)c2ccccc2-c2ccccc21. The minimum atomic E-state index is -0.306. The molecule has 0 unspecified atom stereocenters. The monoisotopic (exact) mass is 589 g/mol. The topological polar surface area (TPSA) is 16.4 Å². The van der Waals surface area contributed by atoms with E-state index < -0.39 is 0 Å². The molecule has 8 aromatic rings. The van der Waals surface area contributed by atoms with E-state index in [0.717, 1.165) is 44.7 Å². The van der Waals surface area contributed by atoms with E-state index in [9.17, 15) is 0 Å². The second-order valence-electron chi connectivity index (χ2n) is 12.2. The lowest BCUT2D eigenvalue weighted by Crippen LogP contribution is -2.22. The van der Waals surface area contributed by atoms with E-state index in [2.05, 4.69) is 182 Å². The molecular weight excluding hydrogens is 558 g/mol. The highest BCUT2D eigenvalue weighted by Crippen LogP contribution is 2.54. The van der Waals surface area contributed by atoms with Crippen LogP contribution < -0.4 is 4.90 Å². The third-order valence-electron chi connectivity index (χ3n) is 9.75. The van der Waals surface area contributed by atoms with Crippen molar-refractivity contribution in [3.63, 3.8) is 0 Å². The zero-order valence-electron chi connectivity index (χ0n) is 25.5. The van der Waals surface area contributed by atoms with Crippen LogP contribution in [0.5, 0.6) is 0 Å². The highest BCUT2D eigenvalue weighted by atomic mass is 16.3. The fraction of sp³-hybridized carbons (Fsp3) is 0.0455. The number of fused-ring (bicyclic) bond motifs is 6. The summed E-state index contributed by atoms with van der Waals surface area (Å²) in [4.78, 5) is 2.29. The average molecular weight is 590 g/mol. The van der Waals surface area contributed by atoms with Gasteiger partial charge < -0.3 is 9.32 Å². The van der Waals surface area contributed by atoms with Gasteiger partial charge in [0.2, 0.25) is 0 Å². The fourth-order valence-electron chi connectivity index (χ4n) is 7.63. The van der Waals surface area contributed by atoms with Gasteiger partial charge in [0.25, 0.3) is 0 Å². The molecule has 0 atom stereocenters. The minimum Gasteiger partial charge on any atom is -0.455 e. The van der Waals surface area contributed by atoms with Crippen LogP contribution >= 0.6 is 0 Å². The number of hydrogen-bond acceptors (Lipinski definition) is 2. The van der Waals surface area contributed by atoms with Crippen molar-refractivity contribution in [2.75, 3.05) is 4.90 Å². The Morgan fingerprint density at radius 2 is 0.935 bits per heavy atom. The van der Waals surface area contributed by atoms with Gasteiger partial charge in [-0.1, -0.05) is 127 Å². The van der Waals surface area contributed by atoms with Crippen LogP contribution in [-0.4, -0.2) is 0 Å². The van der Waals surface area contributed by atoms with Crippen molar-refractivity contribution in [1.29, 1.82) is 0 Å². The molecule has 46 heavy (non-hydrogen) atoms. The van der Waals surface area contributed by atoms with Crippen molar-refractivity contribution < 1.29 is 4.42 Å². The first kappa shape index (κ1) is 26.5. The Bertz CT molecular complexity index is 2280. The van der Waals surface area contributed by atoms with Crippen molar-refractivity contribution in [3.05, 3.63) is 187 Å². The number of furan rings is 1. The summed E-state index contributed by atoms with van der Waals surface area (Å²) in [5.74, 6) is 0. The standard InChI is InChI=1S/C44H31NO/c1-44(38-22-10-8-18-35(38)36-19-9-11-23-39(36)44)40-24-13-25-41-42(40)37-21-12-20-34(43(37)46-41)30-26-28-33(29-27-30)45(31-14-4-2-5-15-31)32-16-6-3-7-17-32/h2-29H,1H3. The molecule has 0 fully saturated rings. The molecule has 0 saturated heterocycles. The molecule has 1 aliphatic rings. The van der Waals surface area contributed by atoms with Crippen LogP contribution in [-0.2, 0) is 5.41 Å². The van der Waals surface area contributed by atoms with E-state index in [1.807, 2.05) is 0 Å². The predicted molar refractivity (Wildman–Crippen MR) is 191 cm³/mol. The Morgan fingerprint density at radius 1 is 0.435 bits per heavy atom. The van der Waals surface area contributed by atoms with E-state index >= 15 is 0 Å². The summed E-state index contributed by atoms with van der Waals surface area (Å²) < 4.78 is 6.77. The first-order chi connectivity index (χ1) is 22.7. The number of nitrogens with zero attached hydrogens (tertiary/aromatic N) is 1. The number of para-hydroxylation sites is 3. The molecule has 0 N–H and O–H groups in total. The maximum absolute atomic E-state index is 6.77. The lowest BCUT2D eigenvalue weighted by molar-refractivity contribution is 0.667. The van der Waals surface area contributed by atoms with E-state index in [1.165, 1.54) is 33.2 Å². The Labute approximate surface area is 268 Å². The molecular formula is C44H31NO. The zero-order valence-corrected chi connectivity index (χ0v) is 25.5. The molecule has 2 heteroatoms. The summed E-state index contributed by atoms with van der Waals surface area (Å²) in [7, 11) is 0. The van der Waals surface area contributed by atoms with E-state index in [-0.39, 0.29) is 5.41 Å². The molecule has 9 rings (SSSR count). The second-order valence-corrected chi connectivity index (χ2v) is 12.2. The zero-order chi connectivity index (χ0) is 30.7. The van der Waals surface area contributed by atoms with E-state index in [0.29, 0.717) is 0 Å². The molecule has 0 saturated carbocycles. The summed E-state index contributed by atoms with van der Waals surface area (Å²) in [6.07, 6.45) is 0. The van der Waals surface area contributed by atoms with Gasteiger partial charge in [0.1, 0.15) is 11.2 Å². The highest BCUT2D eigenvalue weighted by molar-refractivity contribution is 6.12. The normalized spacial score (nSPS) is 13.1. The van der Waals surface area contributed by atoms with Crippen molar-refractivity contribution in [3.8, 4) is 22.3 Å². The number of benzene rings is 7. The van der Waals surface area contributed by atoms with Crippen LogP contribution in [0.4, 0.5) is 17.1 Å². The first-order valence-electron chi connectivity index (χ1n) is 15.9. The third-order valence-corrected chi connectivity index (χ3v) is 9.75. The number of anilines is 3. The minimum absolute atomic E-state index is 0.306. The number of rotatable bonds is 5. The van der Waals surface area contributed by atoms with Crippen molar-refractivity contribution in [2.24, 2.45) is 0 Å². The van der Waals surface area contributed by atoms with Crippen molar-refractivity contribution >= 4 is 39.0 Å². The van der Waals surface area contributed by atoms with Crippen LogP contribution in [0.2, 0.25) is 0 Å². The lowest BCUT2D eigenvalue weighted by Gasteiger charge is -2.29. The maximum Gasteiger partial charge on any atom is 0.143 e. The Balaban J connectivity index is 1.19. The Morgan fingerprint density at radius 3 is 1.57 bits per heavy atom. The van der Waals surface area contributed by atoms with Gasteiger partial charge in [0.15, 0.2) is 0 Å². The number of hydrogen-bond donors (Lipinski definition) is 0. The van der Waals surface area contributed by atoms with Crippen LogP contribution in [0, 0.1) is 0 Å². The molecule has 1 aliphatic carbocycles. The van der Waals surface area contributed by atoms with Crippen LogP contribution in [0.25, 0.3) is 44.2 Å². The lowest BCUT2D eigenvalue weighted by atomic mass is 9.73. The smallest absolute Gasteiger partial charge is 0.143 e. The Hall–Kier alpha value is -5.86. The van der Waals surface area contributed by atoms with Gasteiger partial charge in [-0.25, -0.2) is 0 Å². The van der Waals surface area contributed by atoms with E-state index in [1.54, 1.807) is 0 Å². The van der Waals surface area contributed by atoms with Crippen molar-refractivity contribution in [2.45, 2.75) is 12.3 Å². The van der Waals surface area contributed by atoms with Gasteiger partial charge in [-0.3, -0.25) is 0 Å². The van der Waals surface area contributed by atoms with E-state index in [4.69, 9.17) is 4.42 Å². The molecule has 0 aliphatic heterocycles. The summed E-state index contributed by atoms with van der Waals surface area (Å²) in [6, 6.07) is 60.7. The van der Waals surface area contributed by atoms with Crippen LogP contribution in [0.15, 0.2) is 174 Å². The molecule has 218 valence electrons. The quantitative estimate of drug-likeness (QED) is 0.199. The average Bonchev–Trinajstić information content (AvgIpc) is 3.64. The Kier molecular flexibility index (Phi) is 5.97. The third kappa shape index (κ3) is 3.90. The van der Waals surface area contributed by atoms with Crippen LogP contribution in [0.3, 0.4) is 0 Å². The fourth-order valence-corrected chi connectivity index (χ4v) is 7.63. The van der Waals surface area contributed by atoms with Gasteiger partial charge >= 0.3 is 0 Å². The molecule has 0 spiro atoms. The summed E-state index contributed by atoms with van der Waals surface area (Å²) in [5, 5.41) is 2.33. The molecule has 0 radical (unpaired) electrons. The molecule has 7 aromatic carbocycles. The van der Waals surface area contributed by atoms with Crippen LogP contribution in [0.1, 0.15) is 23.6 Å². The highest BCUT2D eigenvalue weighted by Gasteiger charge is 2.42.